The van der Waals surface area contributed by atoms with E-state index < -0.39 is 0 Å². The lowest BCUT2D eigenvalue weighted by Gasteiger charge is -2.35. The molecule has 0 aromatic carbocycles. The Morgan fingerprint density at radius 1 is 1.36 bits per heavy atom. The fourth-order valence-electron chi connectivity index (χ4n) is 1.64. The maximum absolute atomic E-state index is 11.8. The van der Waals surface area contributed by atoms with Crippen LogP contribution in [0.25, 0.3) is 0 Å². The second-order valence-electron chi connectivity index (χ2n) is 3.64. The first kappa shape index (κ1) is 11.9. The van der Waals surface area contributed by atoms with Gasteiger partial charge in [-0.1, -0.05) is 6.92 Å². The second kappa shape index (κ2) is 5.61. The summed E-state index contributed by atoms with van der Waals surface area (Å²) in [4.78, 5) is 16.2. The molecular weight excluding hydrogens is 196 g/mol. The van der Waals surface area contributed by atoms with Crippen molar-refractivity contribution in [2.45, 2.75) is 19.1 Å². The summed E-state index contributed by atoms with van der Waals surface area (Å²) in [5.41, 5.74) is 0. The minimum Gasteiger partial charge on any atom is -0.339 e. The van der Waals surface area contributed by atoms with E-state index >= 15 is 0 Å². The van der Waals surface area contributed by atoms with Crippen LogP contribution in [0.2, 0.25) is 0 Å². The van der Waals surface area contributed by atoms with E-state index in [-0.39, 0.29) is 5.25 Å². The first-order chi connectivity index (χ1) is 6.69. The fourth-order valence-corrected chi connectivity index (χ4v) is 1.99. The van der Waals surface area contributed by atoms with E-state index in [2.05, 4.69) is 11.8 Å². The van der Waals surface area contributed by atoms with Crippen molar-refractivity contribution in [2.75, 3.05) is 39.0 Å². The molecule has 1 rings (SSSR count). The van der Waals surface area contributed by atoms with Gasteiger partial charge in [0.05, 0.1) is 5.25 Å². The van der Waals surface area contributed by atoms with Crippen LogP contribution in [0.5, 0.6) is 0 Å². The van der Waals surface area contributed by atoms with Crippen molar-refractivity contribution in [1.29, 1.82) is 0 Å². The number of rotatable bonds is 3. The van der Waals surface area contributed by atoms with Crippen LogP contribution < -0.4 is 0 Å². The Balaban J connectivity index is 2.37. The lowest BCUT2D eigenvalue weighted by molar-refractivity contribution is -0.132. The number of piperazine rings is 1. The summed E-state index contributed by atoms with van der Waals surface area (Å²) in [5.74, 6) is 0.299. The number of hydrogen-bond donors (Lipinski definition) is 0. The van der Waals surface area contributed by atoms with E-state index in [9.17, 15) is 4.79 Å². The van der Waals surface area contributed by atoms with Crippen LogP contribution in [0.3, 0.4) is 0 Å². The summed E-state index contributed by atoms with van der Waals surface area (Å²) in [6.45, 7) is 9.11. The highest BCUT2D eigenvalue weighted by Crippen LogP contribution is 2.11. The molecule has 1 fully saturated rings. The molecule has 1 saturated heterocycles. The smallest absolute Gasteiger partial charge is 0.235 e. The predicted molar refractivity (Wildman–Crippen MR) is 61.7 cm³/mol. The molecule has 3 nitrogen and oxygen atoms in total. The van der Waals surface area contributed by atoms with Crippen LogP contribution in [0.1, 0.15) is 13.8 Å². The topological polar surface area (TPSA) is 23.6 Å². The highest BCUT2D eigenvalue weighted by molar-refractivity contribution is 7.99. The SMILES string of the molecule is CCN1CCN(C(=O)[C@H](C)SC)CC1. The van der Waals surface area contributed by atoms with Crippen molar-refractivity contribution in [1.82, 2.24) is 9.80 Å². The molecule has 82 valence electrons. The Labute approximate surface area is 90.8 Å². The number of amides is 1. The maximum Gasteiger partial charge on any atom is 0.235 e. The van der Waals surface area contributed by atoms with Gasteiger partial charge in [-0.15, -0.1) is 0 Å². The summed E-state index contributed by atoms with van der Waals surface area (Å²) in [5, 5.41) is 0.114. The molecule has 1 amide bonds. The van der Waals surface area contributed by atoms with Gasteiger partial charge in [-0.3, -0.25) is 4.79 Å². The van der Waals surface area contributed by atoms with Crippen LogP contribution in [0.4, 0.5) is 0 Å². The van der Waals surface area contributed by atoms with Crippen molar-refractivity contribution in [3.63, 3.8) is 0 Å². The summed E-state index contributed by atoms with van der Waals surface area (Å²) in [6, 6.07) is 0. The molecular formula is C10H20N2OS. The Morgan fingerprint density at radius 3 is 2.36 bits per heavy atom. The van der Waals surface area contributed by atoms with Crippen molar-refractivity contribution in [3.8, 4) is 0 Å². The first-order valence-corrected chi connectivity index (χ1v) is 6.51. The van der Waals surface area contributed by atoms with Crippen molar-refractivity contribution < 1.29 is 4.79 Å². The van der Waals surface area contributed by atoms with Crippen LogP contribution in [-0.4, -0.2) is 59.9 Å². The molecule has 14 heavy (non-hydrogen) atoms. The third-order valence-electron chi connectivity index (χ3n) is 2.83. The number of likely N-dealkylation sites (N-methyl/N-ethyl adjacent to an activating group) is 1. The van der Waals surface area contributed by atoms with E-state index in [0.717, 1.165) is 32.7 Å². The van der Waals surface area contributed by atoms with E-state index in [4.69, 9.17) is 0 Å². The molecule has 0 N–H and O–H groups in total. The van der Waals surface area contributed by atoms with Crippen LogP contribution in [-0.2, 0) is 4.79 Å². The molecule has 0 spiro atoms. The van der Waals surface area contributed by atoms with Gasteiger partial charge in [0.1, 0.15) is 0 Å². The van der Waals surface area contributed by atoms with Gasteiger partial charge in [-0.2, -0.15) is 11.8 Å². The van der Waals surface area contributed by atoms with E-state index in [0.29, 0.717) is 5.91 Å². The number of carbonyl (C=O) groups is 1. The highest BCUT2D eigenvalue weighted by atomic mass is 32.2. The van der Waals surface area contributed by atoms with Gasteiger partial charge >= 0.3 is 0 Å². The zero-order chi connectivity index (χ0) is 10.6. The molecule has 1 atom stereocenters. The largest absolute Gasteiger partial charge is 0.339 e. The number of nitrogens with zero attached hydrogens (tertiary/aromatic N) is 2. The zero-order valence-corrected chi connectivity index (χ0v) is 10.1. The van der Waals surface area contributed by atoms with Crippen LogP contribution in [0.15, 0.2) is 0 Å². The molecule has 0 bridgehead atoms. The molecule has 0 aliphatic carbocycles. The standard InChI is InChI=1S/C10H20N2OS/c1-4-11-5-7-12(8-6-11)10(13)9(2)14-3/h9H,4-8H2,1-3H3/t9-/m0/s1. The Bertz CT molecular complexity index is 191. The minimum absolute atomic E-state index is 0.114. The van der Waals surface area contributed by atoms with E-state index in [1.54, 1.807) is 11.8 Å². The van der Waals surface area contributed by atoms with Gasteiger partial charge in [-0.25, -0.2) is 0 Å². The summed E-state index contributed by atoms with van der Waals surface area (Å²) < 4.78 is 0. The van der Waals surface area contributed by atoms with Crippen molar-refractivity contribution in [3.05, 3.63) is 0 Å². The molecule has 0 aromatic heterocycles. The number of carbonyl (C=O) groups excluding carboxylic acids is 1. The predicted octanol–water partition coefficient (Wildman–Crippen LogP) is 0.902. The molecule has 1 aliphatic heterocycles. The fraction of sp³-hybridized carbons (Fsp3) is 0.900. The monoisotopic (exact) mass is 216 g/mol. The summed E-state index contributed by atoms with van der Waals surface area (Å²) >= 11 is 1.63. The number of hydrogen-bond acceptors (Lipinski definition) is 3. The lowest BCUT2D eigenvalue weighted by Crippen LogP contribution is -2.50. The molecule has 0 aromatic rings. The van der Waals surface area contributed by atoms with Gasteiger partial charge in [0.2, 0.25) is 5.91 Å². The average molecular weight is 216 g/mol. The molecule has 0 saturated carbocycles. The quantitative estimate of drug-likeness (QED) is 0.700. The molecule has 1 heterocycles. The van der Waals surface area contributed by atoms with Crippen LogP contribution in [0, 0.1) is 0 Å². The molecule has 0 radical (unpaired) electrons. The number of thioether (sulfide) groups is 1. The summed E-state index contributed by atoms with van der Waals surface area (Å²) in [6.07, 6.45) is 1.99. The lowest BCUT2D eigenvalue weighted by atomic mass is 10.3. The average Bonchev–Trinajstić information content (AvgIpc) is 2.27. The normalized spacial score (nSPS) is 20.9. The highest BCUT2D eigenvalue weighted by Gasteiger charge is 2.23. The third-order valence-corrected chi connectivity index (χ3v) is 3.74. The minimum atomic E-state index is 0.114. The Morgan fingerprint density at radius 2 is 1.93 bits per heavy atom. The van der Waals surface area contributed by atoms with Gasteiger partial charge in [-0.05, 0) is 19.7 Å². The Hall–Kier alpha value is -0.220. The van der Waals surface area contributed by atoms with Crippen molar-refractivity contribution in [2.24, 2.45) is 0 Å². The van der Waals surface area contributed by atoms with E-state index in [1.165, 1.54) is 0 Å². The van der Waals surface area contributed by atoms with Crippen LogP contribution >= 0.6 is 11.8 Å². The maximum atomic E-state index is 11.8. The summed E-state index contributed by atoms with van der Waals surface area (Å²) in [7, 11) is 0. The van der Waals surface area contributed by atoms with Crippen molar-refractivity contribution >= 4 is 17.7 Å². The Kier molecular flexibility index (Phi) is 4.75. The molecule has 0 unspecified atom stereocenters. The third kappa shape index (κ3) is 2.89. The van der Waals surface area contributed by atoms with Gasteiger partial charge in [0.25, 0.3) is 0 Å². The zero-order valence-electron chi connectivity index (χ0n) is 9.32. The molecule has 4 heteroatoms. The molecule has 1 aliphatic rings. The van der Waals surface area contributed by atoms with Gasteiger partial charge in [0.15, 0.2) is 0 Å². The van der Waals surface area contributed by atoms with Gasteiger partial charge < -0.3 is 9.80 Å². The second-order valence-corrected chi connectivity index (χ2v) is 4.82. The van der Waals surface area contributed by atoms with E-state index in [1.807, 2.05) is 18.1 Å². The first-order valence-electron chi connectivity index (χ1n) is 5.23. The van der Waals surface area contributed by atoms with Gasteiger partial charge in [0, 0.05) is 26.2 Å².